The maximum atomic E-state index is 11.9. The van der Waals surface area contributed by atoms with Crippen LogP contribution >= 0.6 is 0 Å². The van der Waals surface area contributed by atoms with Crippen LogP contribution in [0.25, 0.3) is 4.85 Å². The van der Waals surface area contributed by atoms with Crippen molar-refractivity contribution in [3.05, 3.63) is 40.7 Å². The second-order valence-corrected chi connectivity index (χ2v) is 5.28. The molecule has 1 aliphatic rings. The molecule has 0 saturated carbocycles. The lowest BCUT2D eigenvalue weighted by Crippen LogP contribution is -2.29. The number of hydrogen-bond donors (Lipinski definition) is 0. The van der Waals surface area contributed by atoms with Crippen molar-refractivity contribution in [1.29, 1.82) is 0 Å². The monoisotopic (exact) mass is 272 g/mol. The highest BCUT2D eigenvalue weighted by atomic mass is 16.5. The summed E-state index contributed by atoms with van der Waals surface area (Å²) in [5, 5.41) is 0. The molecule has 1 fully saturated rings. The first-order valence-corrected chi connectivity index (χ1v) is 6.88. The second-order valence-electron chi connectivity index (χ2n) is 5.28. The summed E-state index contributed by atoms with van der Waals surface area (Å²) in [7, 11) is 3.71. The average Bonchev–Trinajstić information content (AvgIpc) is 2.47. The van der Waals surface area contributed by atoms with E-state index in [1.54, 1.807) is 13.2 Å². The van der Waals surface area contributed by atoms with Gasteiger partial charge >= 0.3 is 0 Å². The molecule has 1 aliphatic heterocycles. The number of Topliss-reactive ketones (excluding diaryl/α,β-unsaturated/α-hetero) is 1. The predicted molar refractivity (Wildman–Crippen MR) is 78.3 cm³/mol. The third kappa shape index (κ3) is 3.17. The van der Waals surface area contributed by atoms with E-state index >= 15 is 0 Å². The van der Waals surface area contributed by atoms with Gasteiger partial charge in [-0.1, -0.05) is 6.07 Å². The van der Waals surface area contributed by atoms with Crippen molar-refractivity contribution in [3.63, 3.8) is 0 Å². The van der Waals surface area contributed by atoms with Crippen molar-refractivity contribution in [3.8, 4) is 5.75 Å². The van der Waals surface area contributed by atoms with Gasteiger partial charge in [0.1, 0.15) is 5.75 Å². The number of ketones is 1. The molecular weight excluding hydrogens is 252 g/mol. The molecule has 1 aromatic rings. The fourth-order valence-electron chi connectivity index (χ4n) is 2.69. The van der Waals surface area contributed by atoms with E-state index in [2.05, 4.69) is 16.8 Å². The van der Waals surface area contributed by atoms with Gasteiger partial charge in [0.15, 0.2) is 0 Å². The Kier molecular flexibility index (Phi) is 4.75. The van der Waals surface area contributed by atoms with Crippen molar-refractivity contribution in [1.82, 2.24) is 4.90 Å². The first-order chi connectivity index (χ1) is 9.65. The zero-order valence-electron chi connectivity index (χ0n) is 12.1. The lowest BCUT2D eigenvalue weighted by molar-refractivity contribution is 0.101. The van der Waals surface area contributed by atoms with Crippen LogP contribution in [0.3, 0.4) is 0 Å². The van der Waals surface area contributed by atoms with E-state index in [4.69, 9.17) is 11.3 Å². The Morgan fingerprint density at radius 2 is 2.15 bits per heavy atom. The fraction of sp³-hybridized carbons (Fsp3) is 0.500. The van der Waals surface area contributed by atoms with E-state index in [9.17, 15) is 4.79 Å². The number of nitrogens with zero attached hydrogens (tertiary/aromatic N) is 2. The Hall–Kier alpha value is -1.86. The molecule has 0 amide bonds. The van der Waals surface area contributed by atoms with E-state index in [1.807, 2.05) is 12.1 Å². The van der Waals surface area contributed by atoms with E-state index in [1.165, 1.54) is 5.56 Å². The maximum absolute atomic E-state index is 11.9. The van der Waals surface area contributed by atoms with Crippen molar-refractivity contribution in [2.45, 2.75) is 18.8 Å². The molecule has 4 heteroatoms. The Morgan fingerprint density at radius 1 is 1.45 bits per heavy atom. The number of likely N-dealkylation sites (tertiary alicyclic amines) is 1. The smallest absolute Gasteiger partial charge is 0.276 e. The molecule has 2 rings (SSSR count). The Bertz CT molecular complexity index is 526. The summed E-state index contributed by atoms with van der Waals surface area (Å²) in [6.07, 6.45) is 2.27. The number of rotatable bonds is 4. The first-order valence-electron chi connectivity index (χ1n) is 6.88. The quantitative estimate of drug-likeness (QED) is 0.624. The number of methoxy groups -OCH3 is 1. The van der Waals surface area contributed by atoms with Crippen LogP contribution in [0, 0.1) is 6.57 Å². The van der Waals surface area contributed by atoms with Crippen LogP contribution in [-0.4, -0.2) is 44.5 Å². The molecular formula is C16H20N2O2. The zero-order valence-corrected chi connectivity index (χ0v) is 12.1. The van der Waals surface area contributed by atoms with E-state index in [0.717, 1.165) is 25.9 Å². The summed E-state index contributed by atoms with van der Waals surface area (Å²) < 4.78 is 5.33. The first kappa shape index (κ1) is 14.5. The zero-order chi connectivity index (χ0) is 14.5. The predicted octanol–water partition coefficient (Wildman–Crippen LogP) is 2.61. The van der Waals surface area contributed by atoms with Crippen molar-refractivity contribution >= 4 is 5.78 Å². The lowest BCUT2D eigenvalue weighted by atomic mass is 9.88. The Morgan fingerprint density at radius 3 is 2.75 bits per heavy atom. The second kappa shape index (κ2) is 6.53. The standard InChI is InChI=1S/C16H20N2O2/c1-17-11-15(19)14-5-4-13(10-16(14)20-3)12-6-8-18(2)9-7-12/h4-5,10,12H,6-9,11H2,2-3H3. The van der Waals surface area contributed by atoms with Gasteiger partial charge in [0, 0.05) is 0 Å². The third-order valence-corrected chi connectivity index (χ3v) is 3.94. The van der Waals surface area contributed by atoms with Gasteiger partial charge < -0.3 is 14.5 Å². The number of piperidine rings is 1. The van der Waals surface area contributed by atoms with Crippen LogP contribution in [0.4, 0.5) is 0 Å². The molecule has 20 heavy (non-hydrogen) atoms. The topological polar surface area (TPSA) is 33.9 Å². The summed E-state index contributed by atoms with van der Waals surface area (Å²) in [5.74, 6) is 0.951. The average molecular weight is 272 g/mol. The highest BCUT2D eigenvalue weighted by Gasteiger charge is 2.21. The molecule has 0 radical (unpaired) electrons. The number of carbonyl (C=O) groups excluding carboxylic acids is 1. The molecule has 0 bridgehead atoms. The van der Waals surface area contributed by atoms with Gasteiger partial charge in [-0.25, -0.2) is 6.57 Å². The van der Waals surface area contributed by atoms with Gasteiger partial charge in [0.2, 0.25) is 5.78 Å². The van der Waals surface area contributed by atoms with Gasteiger partial charge in [-0.3, -0.25) is 4.79 Å². The molecule has 0 aromatic heterocycles. The number of benzene rings is 1. The highest BCUT2D eigenvalue weighted by Crippen LogP contribution is 2.31. The Balaban J connectivity index is 2.21. The van der Waals surface area contributed by atoms with Gasteiger partial charge in [-0.15, -0.1) is 0 Å². The van der Waals surface area contributed by atoms with E-state index in [-0.39, 0.29) is 12.3 Å². The van der Waals surface area contributed by atoms with Gasteiger partial charge in [-0.05, 0) is 56.6 Å². The molecule has 1 aromatic carbocycles. The summed E-state index contributed by atoms with van der Waals surface area (Å²) >= 11 is 0. The van der Waals surface area contributed by atoms with Crippen LogP contribution in [0.1, 0.15) is 34.7 Å². The van der Waals surface area contributed by atoms with Crippen LogP contribution in [-0.2, 0) is 0 Å². The molecule has 0 unspecified atom stereocenters. The molecule has 1 heterocycles. The molecule has 4 nitrogen and oxygen atoms in total. The van der Waals surface area contributed by atoms with Crippen molar-refractivity contribution < 1.29 is 9.53 Å². The lowest BCUT2D eigenvalue weighted by Gasteiger charge is -2.29. The van der Waals surface area contributed by atoms with Crippen LogP contribution in [0.2, 0.25) is 0 Å². The minimum atomic E-state index is -0.174. The minimum Gasteiger partial charge on any atom is -0.496 e. The summed E-state index contributed by atoms with van der Waals surface area (Å²) in [6.45, 7) is 8.87. The fourth-order valence-corrected chi connectivity index (χ4v) is 2.69. The normalized spacial score (nSPS) is 16.6. The number of carbonyl (C=O) groups is 1. The van der Waals surface area contributed by atoms with E-state index < -0.39 is 0 Å². The summed E-state index contributed by atoms with van der Waals surface area (Å²) in [6, 6.07) is 5.78. The molecule has 106 valence electrons. The van der Waals surface area contributed by atoms with Gasteiger partial charge in [0.05, 0.1) is 12.7 Å². The Labute approximate surface area is 120 Å². The highest BCUT2D eigenvalue weighted by molar-refractivity contribution is 6.01. The molecule has 0 spiro atoms. The minimum absolute atomic E-state index is 0.121. The van der Waals surface area contributed by atoms with E-state index in [0.29, 0.717) is 17.2 Å². The largest absolute Gasteiger partial charge is 0.496 e. The summed E-state index contributed by atoms with van der Waals surface area (Å²) in [5.41, 5.74) is 1.74. The van der Waals surface area contributed by atoms with Crippen molar-refractivity contribution in [2.24, 2.45) is 0 Å². The van der Waals surface area contributed by atoms with Crippen LogP contribution in [0.15, 0.2) is 18.2 Å². The third-order valence-electron chi connectivity index (χ3n) is 3.94. The summed E-state index contributed by atoms with van der Waals surface area (Å²) in [4.78, 5) is 17.3. The van der Waals surface area contributed by atoms with Gasteiger partial charge in [0.25, 0.3) is 6.54 Å². The van der Waals surface area contributed by atoms with Gasteiger partial charge in [-0.2, -0.15) is 0 Å². The molecule has 0 N–H and O–H groups in total. The SMILES string of the molecule is [C-]#[N+]CC(=O)c1ccc(C2CCN(C)CC2)cc1OC. The van der Waals surface area contributed by atoms with Crippen LogP contribution < -0.4 is 4.74 Å². The van der Waals surface area contributed by atoms with Crippen molar-refractivity contribution in [2.75, 3.05) is 33.8 Å². The maximum Gasteiger partial charge on any atom is 0.276 e. The molecule has 1 saturated heterocycles. The van der Waals surface area contributed by atoms with Crippen LogP contribution in [0.5, 0.6) is 5.75 Å². The number of ether oxygens (including phenoxy) is 1. The number of hydrogen-bond acceptors (Lipinski definition) is 3. The molecule has 0 aliphatic carbocycles. The molecule has 0 atom stereocenters.